The van der Waals surface area contributed by atoms with Crippen molar-refractivity contribution in [1.29, 1.82) is 0 Å². The third-order valence-electron chi connectivity index (χ3n) is 11.4. The number of alkyl carbamates (subject to hydrolysis) is 1. The number of methoxy groups -OCH3 is 1. The van der Waals surface area contributed by atoms with Crippen LogP contribution < -0.4 is 5.32 Å². The molecule has 3 aliphatic rings. The lowest BCUT2D eigenvalue weighted by Gasteiger charge is -2.49. The average molecular weight is 862 g/mol. The van der Waals surface area contributed by atoms with E-state index in [4.69, 9.17) is 42.6 Å². The van der Waals surface area contributed by atoms with Gasteiger partial charge in [-0.3, -0.25) is 4.79 Å². The number of aliphatic hydroxyl groups is 3. The first kappa shape index (κ1) is 47.0. The lowest BCUT2D eigenvalue weighted by atomic mass is 9.77. The van der Waals surface area contributed by atoms with Crippen LogP contribution in [0.25, 0.3) is 0 Å². The summed E-state index contributed by atoms with van der Waals surface area (Å²) in [4.78, 5) is 26.0. The van der Waals surface area contributed by atoms with E-state index in [1.54, 1.807) is 6.08 Å². The molecule has 0 radical (unpaired) electrons. The van der Waals surface area contributed by atoms with Crippen LogP contribution >= 0.6 is 0 Å². The number of ether oxygens (including phenoxy) is 9. The summed E-state index contributed by atoms with van der Waals surface area (Å²) in [6.45, 7) is 9.39. The van der Waals surface area contributed by atoms with Crippen molar-refractivity contribution in [3.8, 4) is 0 Å². The van der Waals surface area contributed by atoms with E-state index in [1.807, 2.05) is 97.9 Å². The number of carbonyl (C=O) groups is 2. The first-order chi connectivity index (χ1) is 30.1. The van der Waals surface area contributed by atoms with Gasteiger partial charge in [0.25, 0.3) is 0 Å². The van der Waals surface area contributed by atoms with Gasteiger partial charge in [0.05, 0.1) is 57.8 Å². The van der Waals surface area contributed by atoms with E-state index in [0.717, 1.165) is 16.7 Å². The molecule has 2 aliphatic heterocycles. The van der Waals surface area contributed by atoms with E-state index >= 15 is 0 Å². The number of benzene rings is 3. The Morgan fingerprint density at radius 3 is 1.84 bits per heavy atom. The summed E-state index contributed by atoms with van der Waals surface area (Å²) >= 11 is 0. The van der Waals surface area contributed by atoms with Gasteiger partial charge in [0.1, 0.15) is 49.3 Å². The number of nitrogens with one attached hydrogen (secondary N) is 1. The molecular weight excluding hydrogens is 803 g/mol. The Kier molecular flexibility index (Phi) is 17.6. The molecular formula is C47H59NO14. The molecule has 14 atom stereocenters. The van der Waals surface area contributed by atoms with Gasteiger partial charge in [0.2, 0.25) is 0 Å². The van der Waals surface area contributed by atoms with Gasteiger partial charge >= 0.3 is 12.1 Å². The minimum absolute atomic E-state index is 0.0478. The second kappa shape index (κ2) is 23.2. The quantitative estimate of drug-likeness (QED) is 0.0983. The van der Waals surface area contributed by atoms with Crippen LogP contribution in [0.3, 0.4) is 0 Å². The van der Waals surface area contributed by atoms with E-state index in [9.17, 15) is 24.9 Å². The smallest absolute Gasteiger partial charge is 0.407 e. The van der Waals surface area contributed by atoms with Crippen molar-refractivity contribution in [2.75, 3.05) is 20.3 Å². The molecule has 1 aliphatic carbocycles. The van der Waals surface area contributed by atoms with Crippen molar-refractivity contribution in [3.63, 3.8) is 0 Å². The van der Waals surface area contributed by atoms with Crippen molar-refractivity contribution >= 4 is 12.1 Å². The van der Waals surface area contributed by atoms with Gasteiger partial charge in [-0.25, -0.2) is 4.79 Å². The molecule has 4 N–H and O–H groups in total. The highest BCUT2D eigenvalue weighted by molar-refractivity contribution is 5.72. The maximum Gasteiger partial charge on any atom is 0.407 e. The number of rotatable bonds is 19. The maximum absolute atomic E-state index is 13.2. The molecule has 3 aromatic carbocycles. The minimum atomic E-state index is -1.66. The van der Waals surface area contributed by atoms with Gasteiger partial charge in [0.15, 0.2) is 12.6 Å². The van der Waals surface area contributed by atoms with E-state index in [-0.39, 0.29) is 39.3 Å². The van der Waals surface area contributed by atoms with Gasteiger partial charge in [-0.15, -0.1) is 6.58 Å². The maximum atomic E-state index is 13.2. The molecule has 15 nitrogen and oxygen atoms in total. The topological polar surface area (TPSA) is 190 Å². The second-order valence-corrected chi connectivity index (χ2v) is 15.6. The highest BCUT2D eigenvalue weighted by Crippen LogP contribution is 2.40. The van der Waals surface area contributed by atoms with Gasteiger partial charge < -0.3 is 63.3 Å². The normalized spacial score (nSPS) is 32.3. The molecule has 1 amide bonds. The van der Waals surface area contributed by atoms with Crippen molar-refractivity contribution in [2.24, 2.45) is 11.8 Å². The summed E-state index contributed by atoms with van der Waals surface area (Å²) in [6, 6.07) is 27.8. The molecule has 0 aromatic heterocycles. The third kappa shape index (κ3) is 12.1. The number of hydrogen-bond donors (Lipinski definition) is 4. The summed E-state index contributed by atoms with van der Waals surface area (Å²) in [5, 5.41) is 34.7. The fraction of sp³-hybridized carbons (Fsp3) is 0.489. The standard InChI is InChI=1S/C47H59NO14/c1-5-22-55-47(53)48-37-39(51)38(50)36(25-49)61-45(37)60-35-24-34(44(52)54-4)23-33(6-2)41(35)62-46-43(58-28-32-20-14-9-15-21-32)42(57-27-31-18-12-8-13-19-31)40(29(3)59-46)56-26-30-16-10-7-11-17-30/h5-21,29,33-43,45-46,49-51H,1-2,22-28H2,3-4H3,(H,48,53)/t29-,33?,34?,35+,36-,37?,38-,39?,40-,41+,42?,43-,45+,46?/m0/s1. The summed E-state index contributed by atoms with van der Waals surface area (Å²) in [6.07, 6.45) is -9.48. The predicted molar refractivity (Wildman–Crippen MR) is 224 cm³/mol. The number of esters is 1. The zero-order valence-corrected chi connectivity index (χ0v) is 35.1. The molecule has 2 saturated heterocycles. The second-order valence-electron chi connectivity index (χ2n) is 15.6. The Morgan fingerprint density at radius 1 is 0.742 bits per heavy atom. The van der Waals surface area contributed by atoms with E-state index in [1.165, 1.54) is 13.2 Å². The van der Waals surface area contributed by atoms with Gasteiger partial charge in [-0.2, -0.15) is 0 Å². The number of carbonyl (C=O) groups excluding carboxylic acids is 2. The first-order valence-corrected chi connectivity index (χ1v) is 20.9. The van der Waals surface area contributed by atoms with E-state index < -0.39 is 104 Å². The minimum Gasteiger partial charge on any atom is -0.469 e. The SMILES string of the molecule is C=CCOC(=O)NC1C(O)[C@@H](O)[C@H](CO)O[C@H]1O[C@@H]1CC(C(=O)OC)CC(C=C)[C@H]1OC1O[C@@H](C)[C@H](OCc2ccccc2)C(OCc2ccccc2)[C@@H]1OCc1ccccc1. The Morgan fingerprint density at radius 2 is 1.31 bits per heavy atom. The fourth-order valence-electron chi connectivity index (χ4n) is 8.13. The lowest BCUT2D eigenvalue weighted by molar-refractivity contribution is -0.348. The van der Waals surface area contributed by atoms with Crippen LogP contribution in [0.5, 0.6) is 0 Å². The summed E-state index contributed by atoms with van der Waals surface area (Å²) in [7, 11) is 1.30. The largest absolute Gasteiger partial charge is 0.469 e. The van der Waals surface area contributed by atoms with Crippen LogP contribution in [0.15, 0.2) is 116 Å². The van der Waals surface area contributed by atoms with Crippen LogP contribution in [0.4, 0.5) is 4.79 Å². The fourth-order valence-corrected chi connectivity index (χ4v) is 8.13. The zero-order valence-electron chi connectivity index (χ0n) is 35.1. The monoisotopic (exact) mass is 861 g/mol. The molecule has 15 heteroatoms. The van der Waals surface area contributed by atoms with Crippen LogP contribution in [0, 0.1) is 11.8 Å². The molecule has 62 heavy (non-hydrogen) atoms. The van der Waals surface area contributed by atoms with Crippen molar-refractivity contribution in [2.45, 2.75) is 113 Å². The van der Waals surface area contributed by atoms with Crippen LogP contribution in [0.1, 0.15) is 36.5 Å². The molecule has 1 saturated carbocycles. The molecule has 6 rings (SSSR count). The highest BCUT2D eigenvalue weighted by atomic mass is 16.7. The first-order valence-electron chi connectivity index (χ1n) is 20.9. The zero-order chi connectivity index (χ0) is 44.0. The van der Waals surface area contributed by atoms with E-state index in [2.05, 4.69) is 18.5 Å². The van der Waals surface area contributed by atoms with Crippen molar-refractivity contribution < 1.29 is 67.5 Å². The van der Waals surface area contributed by atoms with Crippen molar-refractivity contribution in [3.05, 3.63) is 133 Å². The number of aliphatic hydroxyl groups excluding tert-OH is 3. The highest BCUT2D eigenvalue weighted by Gasteiger charge is 2.53. The Labute approximate surface area is 362 Å². The molecule has 336 valence electrons. The van der Waals surface area contributed by atoms with Crippen LogP contribution in [-0.2, 0) is 67.2 Å². The molecule has 3 fully saturated rings. The number of hydrogen-bond acceptors (Lipinski definition) is 14. The predicted octanol–water partition coefficient (Wildman–Crippen LogP) is 4.36. The molecule has 0 bridgehead atoms. The molecule has 0 spiro atoms. The molecule has 6 unspecified atom stereocenters. The average Bonchev–Trinajstić information content (AvgIpc) is 3.30. The van der Waals surface area contributed by atoms with Crippen molar-refractivity contribution in [1.82, 2.24) is 5.32 Å². The number of amides is 1. The van der Waals surface area contributed by atoms with Gasteiger partial charge in [-0.1, -0.05) is 110 Å². The molecule has 3 aromatic rings. The Bertz CT molecular complexity index is 1840. The van der Waals surface area contributed by atoms with E-state index in [0.29, 0.717) is 0 Å². The third-order valence-corrected chi connectivity index (χ3v) is 11.4. The van der Waals surface area contributed by atoms with Gasteiger partial charge in [-0.05, 0) is 36.5 Å². The van der Waals surface area contributed by atoms with Gasteiger partial charge in [0, 0.05) is 5.92 Å². The van der Waals surface area contributed by atoms with Crippen LogP contribution in [0.2, 0.25) is 0 Å². The van der Waals surface area contributed by atoms with Crippen LogP contribution in [-0.4, -0.2) is 121 Å². The Hall–Kier alpha value is -4.52. The molecule has 2 heterocycles. The summed E-state index contributed by atoms with van der Waals surface area (Å²) < 4.78 is 56.8. The lowest BCUT2D eigenvalue weighted by Crippen LogP contribution is -2.66. The summed E-state index contributed by atoms with van der Waals surface area (Å²) in [5.41, 5.74) is 2.80. The summed E-state index contributed by atoms with van der Waals surface area (Å²) in [5.74, 6) is -1.71. The Balaban J connectivity index is 1.35.